The molecule has 0 radical (unpaired) electrons. The standard InChI is InChI=1S/C14H10Br2N2OS/c1-7-3-2-4-8(5-7)11-12(18-19-14(11)17)9-6-10(15)20-13(9)16/h2-6H,17H2,1H3. The van der Waals surface area contributed by atoms with E-state index in [1.807, 2.05) is 31.2 Å². The summed E-state index contributed by atoms with van der Waals surface area (Å²) < 4.78 is 7.22. The number of benzene rings is 1. The first-order valence-electron chi connectivity index (χ1n) is 5.83. The Kier molecular flexibility index (Phi) is 3.70. The first-order valence-corrected chi connectivity index (χ1v) is 8.24. The summed E-state index contributed by atoms with van der Waals surface area (Å²) in [6, 6.07) is 10.1. The van der Waals surface area contributed by atoms with Gasteiger partial charge in [0, 0.05) is 5.56 Å². The van der Waals surface area contributed by atoms with Crippen LogP contribution < -0.4 is 5.73 Å². The molecule has 6 heteroatoms. The number of aryl methyl sites for hydroxylation is 1. The van der Waals surface area contributed by atoms with Crippen LogP contribution in [0.4, 0.5) is 5.88 Å². The van der Waals surface area contributed by atoms with Crippen LogP contribution in [-0.2, 0) is 0 Å². The third-order valence-corrected chi connectivity index (χ3v) is 5.28. The molecule has 0 fully saturated rings. The predicted octanol–water partition coefficient (Wildman–Crippen LogP) is 5.49. The lowest BCUT2D eigenvalue weighted by atomic mass is 10.0. The molecule has 3 aromatic rings. The smallest absolute Gasteiger partial charge is 0.230 e. The van der Waals surface area contributed by atoms with Gasteiger partial charge in [0.25, 0.3) is 0 Å². The summed E-state index contributed by atoms with van der Waals surface area (Å²) in [5, 5.41) is 4.12. The molecule has 0 saturated carbocycles. The van der Waals surface area contributed by atoms with Crippen molar-refractivity contribution in [3.05, 3.63) is 43.5 Å². The van der Waals surface area contributed by atoms with Gasteiger partial charge in [-0.15, -0.1) is 11.3 Å². The predicted molar refractivity (Wildman–Crippen MR) is 89.8 cm³/mol. The Morgan fingerprint density at radius 2 is 2.05 bits per heavy atom. The Hall–Kier alpha value is -1.11. The van der Waals surface area contributed by atoms with Gasteiger partial charge in [0.15, 0.2) is 0 Å². The van der Waals surface area contributed by atoms with E-state index >= 15 is 0 Å². The van der Waals surface area contributed by atoms with Crippen molar-refractivity contribution in [1.29, 1.82) is 0 Å². The van der Waals surface area contributed by atoms with Crippen LogP contribution >= 0.6 is 43.2 Å². The normalized spacial score (nSPS) is 10.9. The second kappa shape index (κ2) is 5.35. The maximum Gasteiger partial charge on any atom is 0.230 e. The number of halogens is 2. The first kappa shape index (κ1) is 13.9. The molecule has 0 atom stereocenters. The van der Waals surface area contributed by atoms with Crippen molar-refractivity contribution in [3.8, 4) is 22.4 Å². The van der Waals surface area contributed by atoms with E-state index in [1.54, 1.807) is 11.3 Å². The number of hydrogen-bond donors (Lipinski definition) is 1. The molecule has 2 N–H and O–H groups in total. The number of hydrogen-bond acceptors (Lipinski definition) is 4. The van der Waals surface area contributed by atoms with Crippen LogP contribution in [-0.4, -0.2) is 5.16 Å². The highest BCUT2D eigenvalue weighted by Crippen LogP contribution is 2.43. The summed E-state index contributed by atoms with van der Waals surface area (Å²) in [5.74, 6) is 0.333. The molecular weight excluding hydrogens is 404 g/mol. The van der Waals surface area contributed by atoms with Crippen LogP contribution in [0.2, 0.25) is 0 Å². The van der Waals surface area contributed by atoms with E-state index in [-0.39, 0.29) is 0 Å². The third kappa shape index (κ3) is 2.43. The van der Waals surface area contributed by atoms with E-state index in [2.05, 4.69) is 43.1 Å². The molecule has 0 aliphatic rings. The maximum atomic E-state index is 5.96. The van der Waals surface area contributed by atoms with Crippen LogP contribution in [0.3, 0.4) is 0 Å². The molecule has 0 aliphatic heterocycles. The summed E-state index contributed by atoms with van der Waals surface area (Å²) in [6.45, 7) is 2.05. The lowest BCUT2D eigenvalue weighted by Gasteiger charge is -2.03. The molecule has 0 aliphatic carbocycles. The van der Waals surface area contributed by atoms with Gasteiger partial charge in [-0.1, -0.05) is 35.0 Å². The summed E-state index contributed by atoms with van der Waals surface area (Å²) >= 11 is 8.62. The largest absolute Gasteiger partial charge is 0.367 e. The van der Waals surface area contributed by atoms with E-state index in [0.717, 1.165) is 30.0 Å². The molecule has 3 rings (SSSR count). The fourth-order valence-electron chi connectivity index (χ4n) is 2.07. The highest BCUT2D eigenvalue weighted by molar-refractivity contribution is 9.12. The molecule has 0 bridgehead atoms. The number of nitrogen functional groups attached to an aromatic ring is 1. The summed E-state index contributed by atoms with van der Waals surface area (Å²) in [7, 11) is 0. The summed E-state index contributed by atoms with van der Waals surface area (Å²) in [5.41, 5.74) is 10.7. The molecule has 1 aromatic carbocycles. The van der Waals surface area contributed by atoms with Gasteiger partial charge in [-0.25, -0.2) is 0 Å². The zero-order valence-corrected chi connectivity index (χ0v) is 14.5. The lowest BCUT2D eigenvalue weighted by molar-refractivity contribution is 0.439. The fourth-order valence-corrected chi connectivity index (χ4v) is 4.87. The van der Waals surface area contributed by atoms with Crippen molar-refractivity contribution in [1.82, 2.24) is 5.16 Å². The molecular formula is C14H10Br2N2OS. The van der Waals surface area contributed by atoms with Crippen LogP contribution in [0.25, 0.3) is 22.4 Å². The van der Waals surface area contributed by atoms with E-state index in [9.17, 15) is 0 Å². The Morgan fingerprint density at radius 3 is 2.70 bits per heavy atom. The molecule has 0 amide bonds. The first-order chi connectivity index (χ1) is 9.56. The lowest BCUT2D eigenvalue weighted by Crippen LogP contribution is -1.88. The Morgan fingerprint density at radius 1 is 1.25 bits per heavy atom. The summed E-state index contributed by atoms with van der Waals surface area (Å²) in [4.78, 5) is 0. The van der Waals surface area contributed by atoms with Gasteiger partial charge < -0.3 is 10.3 Å². The van der Waals surface area contributed by atoms with Crippen molar-refractivity contribution < 1.29 is 4.52 Å². The van der Waals surface area contributed by atoms with E-state index in [4.69, 9.17) is 10.3 Å². The second-order valence-corrected chi connectivity index (χ2v) is 8.13. The van der Waals surface area contributed by atoms with Crippen LogP contribution in [0.15, 0.2) is 42.4 Å². The number of aromatic nitrogens is 1. The average Bonchev–Trinajstić information content (AvgIpc) is 2.92. The minimum atomic E-state index is 0.333. The van der Waals surface area contributed by atoms with Gasteiger partial charge in [-0.2, -0.15) is 0 Å². The molecule has 0 spiro atoms. The summed E-state index contributed by atoms with van der Waals surface area (Å²) in [6.07, 6.45) is 0. The average molecular weight is 414 g/mol. The van der Waals surface area contributed by atoms with Gasteiger partial charge in [-0.3, -0.25) is 0 Å². The number of anilines is 1. The molecule has 102 valence electrons. The monoisotopic (exact) mass is 412 g/mol. The zero-order valence-electron chi connectivity index (χ0n) is 10.5. The fraction of sp³-hybridized carbons (Fsp3) is 0.0714. The Labute approximate surface area is 137 Å². The highest BCUT2D eigenvalue weighted by atomic mass is 79.9. The second-order valence-electron chi connectivity index (χ2n) is 4.38. The highest BCUT2D eigenvalue weighted by Gasteiger charge is 2.20. The SMILES string of the molecule is Cc1cccc(-c2c(-c3cc(Br)sc3Br)noc2N)c1. The quantitative estimate of drug-likeness (QED) is 0.604. The van der Waals surface area contributed by atoms with Gasteiger partial charge in [-0.05, 0) is 50.4 Å². The van der Waals surface area contributed by atoms with Gasteiger partial charge in [0.05, 0.1) is 13.1 Å². The van der Waals surface area contributed by atoms with Crippen LogP contribution in [0.5, 0.6) is 0 Å². The topological polar surface area (TPSA) is 52.0 Å². The van der Waals surface area contributed by atoms with Crippen LogP contribution in [0.1, 0.15) is 5.56 Å². The van der Waals surface area contributed by atoms with Gasteiger partial charge in [0.2, 0.25) is 5.88 Å². The minimum Gasteiger partial charge on any atom is -0.367 e. The van der Waals surface area contributed by atoms with Crippen molar-refractivity contribution in [3.63, 3.8) is 0 Å². The third-order valence-electron chi connectivity index (χ3n) is 2.94. The molecule has 20 heavy (non-hydrogen) atoms. The van der Waals surface area contributed by atoms with Crippen molar-refractivity contribution in [2.75, 3.05) is 5.73 Å². The van der Waals surface area contributed by atoms with E-state index in [1.165, 1.54) is 5.56 Å². The van der Waals surface area contributed by atoms with E-state index < -0.39 is 0 Å². The number of nitrogens with zero attached hydrogens (tertiary/aromatic N) is 1. The van der Waals surface area contributed by atoms with Crippen molar-refractivity contribution in [2.24, 2.45) is 0 Å². The minimum absolute atomic E-state index is 0.333. The molecule has 2 aromatic heterocycles. The van der Waals surface area contributed by atoms with Crippen LogP contribution in [0, 0.1) is 6.92 Å². The molecule has 0 saturated heterocycles. The maximum absolute atomic E-state index is 5.96. The van der Waals surface area contributed by atoms with E-state index in [0.29, 0.717) is 5.88 Å². The molecule has 0 unspecified atom stereocenters. The van der Waals surface area contributed by atoms with Gasteiger partial charge >= 0.3 is 0 Å². The molecule has 3 nitrogen and oxygen atoms in total. The number of rotatable bonds is 2. The molecule has 2 heterocycles. The van der Waals surface area contributed by atoms with Gasteiger partial charge in [0.1, 0.15) is 5.69 Å². The Balaban J connectivity index is 2.22. The van der Waals surface area contributed by atoms with Crippen molar-refractivity contribution >= 4 is 49.1 Å². The zero-order chi connectivity index (χ0) is 14.3. The number of nitrogens with two attached hydrogens (primary N) is 1. The van der Waals surface area contributed by atoms with Crippen molar-refractivity contribution in [2.45, 2.75) is 6.92 Å². The Bertz CT molecular complexity index is 779. The number of thiophene rings is 1.